The minimum atomic E-state index is -4.14. The summed E-state index contributed by atoms with van der Waals surface area (Å²) in [4.78, 5) is 12.9. The van der Waals surface area contributed by atoms with Gasteiger partial charge in [0.2, 0.25) is 0 Å². The van der Waals surface area contributed by atoms with Crippen LogP contribution < -0.4 is 0 Å². The highest BCUT2D eigenvalue weighted by molar-refractivity contribution is 5.71. The number of ether oxygens (including phenoxy) is 1. The fraction of sp³-hybridized carbons (Fsp3) is 0.909. The second-order valence-corrected chi connectivity index (χ2v) is 4.65. The average molecular weight is 253 g/mol. The Labute approximate surface area is 98.9 Å². The zero-order valence-electron chi connectivity index (χ0n) is 10.3. The summed E-state index contributed by atoms with van der Waals surface area (Å²) in [6.45, 7) is 3.64. The molecular weight excluding hydrogens is 235 g/mol. The molecule has 1 rings (SSSR count). The van der Waals surface area contributed by atoms with Gasteiger partial charge >= 0.3 is 12.1 Å². The maximum atomic E-state index is 12.4. The van der Waals surface area contributed by atoms with Crippen LogP contribution in [0.25, 0.3) is 0 Å². The van der Waals surface area contributed by atoms with Crippen molar-refractivity contribution >= 4 is 5.97 Å². The first-order valence-electron chi connectivity index (χ1n) is 5.64. The van der Waals surface area contributed by atoms with Gasteiger partial charge in [0.1, 0.15) is 0 Å². The molecule has 1 saturated heterocycles. The number of alkyl halides is 3. The Morgan fingerprint density at radius 1 is 1.41 bits per heavy atom. The van der Waals surface area contributed by atoms with Gasteiger partial charge in [-0.15, -0.1) is 0 Å². The van der Waals surface area contributed by atoms with Crippen LogP contribution in [0.3, 0.4) is 0 Å². The summed E-state index contributed by atoms with van der Waals surface area (Å²) >= 11 is 0. The van der Waals surface area contributed by atoms with Crippen molar-refractivity contribution in [2.45, 2.75) is 44.9 Å². The Balaban J connectivity index is 2.61. The van der Waals surface area contributed by atoms with Crippen LogP contribution in [-0.4, -0.2) is 42.8 Å². The molecule has 100 valence electrons. The van der Waals surface area contributed by atoms with Crippen LogP contribution in [-0.2, 0) is 9.53 Å². The molecule has 1 aliphatic heterocycles. The molecule has 0 aromatic heterocycles. The van der Waals surface area contributed by atoms with Gasteiger partial charge in [0.15, 0.2) is 0 Å². The van der Waals surface area contributed by atoms with Crippen molar-refractivity contribution in [2.75, 3.05) is 13.7 Å². The molecule has 0 aromatic rings. The van der Waals surface area contributed by atoms with E-state index in [1.807, 2.05) is 6.92 Å². The van der Waals surface area contributed by atoms with E-state index in [1.54, 1.807) is 11.8 Å². The van der Waals surface area contributed by atoms with Crippen molar-refractivity contribution in [3.63, 3.8) is 0 Å². The van der Waals surface area contributed by atoms with Crippen LogP contribution in [0.5, 0.6) is 0 Å². The van der Waals surface area contributed by atoms with Crippen LogP contribution in [0.15, 0.2) is 0 Å². The first-order valence-corrected chi connectivity index (χ1v) is 5.64. The van der Waals surface area contributed by atoms with Crippen molar-refractivity contribution in [2.24, 2.45) is 5.92 Å². The summed E-state index contributed by atoms with van der Waals surface area (Å²) in [7, 11) is 1.28. The normalized spacial score (nSPS) is 30.6. The molecule has 0 N–H and O–H groups in total. The van der Waals surface area contributed by atoms with Crippen molar-refractivity contribution in [3.05, 3.63) is 0 Å². The monoisotopic (exact) mass is 253 g/mol. The molecule has 17 heavy (non-hydrogen) atoms. The third-order valence-electron chi connectivity index (χ3n) is 3.45. The fourth-order valence-electron chi connectivity index (χ4n) is 2.51. The molecule has 0 radical (unpaired) electrons. The van der Waals surface area contributed by atoms with Gasteiger partial charge in [-0.1, -0.05) is 0 Å². The molecule has 1 heterocycles. The number of halogens is 3. The molecule has 0 aromatic carbocycles. The number of rotatable bonds is 3. The number of likely N-dealkylation sites (tertiary alicyclic amines) is 1. The highest BCUT2D eigenvalue weighted by atomic mass is 19.4. The first-order chi connectivity index (χ1) is 7.74. The van der Waals surface area contributed by atoms with E-state index in [2.05, 4.69) is 4.74 Å². The molecule has 0 saturated carbocycles. The molecule has 1 aliphatic rings. The zero-order valence-corrected chi connectivity index (χ0v) is 10.3. The topological polar surface area (TPSA) is 29.5 Å². The van der Waals surface area contributed by atoms with Gasteiger partial charge in [-0.05, 0) is 26.2 Å². The molecule has 3 atom stereocenters. The van der Waals surface area contributed by atoms with E-state index < -0.39 is 24.5 Å². The first kappa shape index (κ1) is 14.3. The Kier molecular flexibility index (Phi) is 4.41. The zero-order chi connectivity index (χ0) is 13.2. The number of methoxy groups -OCH3 is 1. The lowest BCUT2D eigenvalue weighted by Crippen LogP contribution is -2.39. The Bertz CT molecular complexity index is 280. The second-order valence-electron chi connectivity index (χ2n) is 4.65. The van der Waals surface area contributed by atoms with Crippen molar-refractivity contribution in [3.8, 4) is 0 Å². The lowest BCUT2D eigenvalue weighted by Gasteiger charge is -2.26. The molecule has 0 spiro atoms. The Morgan fingerprint density at radius 3 is 2.47 bits per heavy atom. The minimum Gasteiger partial charge on any atom is -0.468 e. The lowest BCUT2D eigenvalue weighted by atomic mass is 9.96. The average Bonchev–Trinajstić information content (AvgIpc) is 2.43. The number of esters is 1. The highest BCUT2D eigenvalue weighted by Gasteiger charge is 2.42. The van der Waals surface area contributed by atoms with Gasteiger partial charge < -0.3 is 4.74 Å². The second kappa shape index (κ2) is 5.25. The lowest BCUT2D eigenvalue weighted by molar-refractivity contribution is -0.146. The summed E-state index contributed by atoms with van der Waals surface area (Å²) in [6.07, 6.45) is -4.45. The predicted molar refractivity (Wildman–Crippen MR) is 56.4 cm³/mol. The summed E-state index contributed by atoms with van der Waals surface area (Å²) in [5.41, 5.74) is 0. The van der Waals surface area contributed by atoms with Crippen LogP contribution in [0, 0.1) is 5.92 Å². The van der Waals surface area contributed by atoms with Crippen molar-refractivity contribution < 1.29 is 22.7 Å². The summed E-state index contributed by atoms with van der Waals surface area (Å²) < 4.78 is 41.6. The minimum absolute atomic E-state index is 0.0172. The van der Waals surface area contributed by atoms with E-state index in [-0.39, 0.29) is 18.6 Å². The van der Waals surface area contributed by atoms with E-state index in [4.69, 9.17) is 0 Å². The smallest absolute Gasteiger partial charge is 0.389 e. The van der Waals surface area contributed by atoms with E-state index in [1.165, 1.54) is 7.11 Å². The summed E-state index contributed by atoms with van der Waals surface area (Å²) in [5.74, 6) is -0.842. The number of hydrogen-bond donors (Lipinski definition) is 0. The van der Waals surface area contributed by atoms with Crippen LogP contribution in [0.4, 0.5) is 13.2 Å². The molecule has 0 aliphatic carbocycles. The SMILES string of the molecule is COC(=O)CN1C(C)CC(CC(F)(F)F)C1C. The van der Waals surface area contributed by atoms with E-state index in [9.17, 15) is 18.0 Å². The quantitative estimate of drug-likeness (QED) is 0.722. The largest absolute Gasteiger partial charge is 0.468 e. The van der Waals surface area contributed by atoms with Gasteiger partial charge in [-0.2, -0.15) is 13.2 Å². The number of carbonyl (C=O) groups is 1. The molecule has 3 nitrogen and oxygen atoms in total. The van der Waals surface area contributed by atoms with Crippen LogP contribution in [0.2, 0.25) is 0 Å². The van der Waals surface area contributed by atoms with E-state index in [0.717, 1.165) is 0 Å². The molecule has 1 fully saturated rings. The molecule has 3 unspecified atom stereocenters. The van der Waals surface area contributed by atoms with Gasteiger partial charge in [0, 0.05) is 18.5 Å². The fourth-order valence-corrected chi connectivity index (χ4v) is 2.51. The van der Waals surface area contributed by atoms with Gasteiger partial charge in [-0.3, -0.25) is 9.69 Å². The number of carbonyl (C=O) groups excluding carboxylic acids is 1. The van der Waals surface area contributed by atoms with Gasteiger partial charge in [0.25, 0.3) is 0 Å². The van der Waals surface area contributed by atoms with Crippen LogP contribution in [0.1, 0.15) is 26.7 Å². The van der Waals surface area contributed by atoms with Crippen molar-refractivity contribution in [1.29, 1.82) is 0 Å². The summed E-state index contributed by atoms with van der Waals surface area (Å²) in [5, 5.41) is 0. The summed E-state index contributed by atoms with van der Waals surface area (Å²) in [6, 6.07) is -0.262. The third kappa shape index (κ3) is 3.87. The molecular formula is C11H18F3NO2. The Hall–Kier alpha value is -0.780. The molecule has 0 amide bonds. The van der Waals surface area contributed by atoms with E-state index >= 15 is 0 Å². The highest BCUT2D eigenvalue weighted by Crippen LogP contribution is 2.37. The predicted octanol–water partition coefficient (Wildman–Crippen LogP) is 2.21. The molecule has 0 bridgehead atoms. The molecule has 6 heteroatoms. The number of nitrogens with zero attached hydrogens (tertiary/aromatic N) is 1. The maximum absolute atomic E-state index is 12.4. The Morgan fingerprint density at radius 2 is 2.00 bits per heavy atom. The standard InChI is InChI=1S/C11H18F3NO2/c1-7-4-9(5-11(12,13)14)8(2)15(7)6-10(16)17-3/h7-9H,4-6H2,1-3H3. The van der Waals surface area contributed by atoms with Crippen LogP contribution >= 0.6 is 0 Å². The van der Waals surface area contributed by atoms with Gasteiger partial charge in [-0.25, -0.2) is 0 Å². The van der Waals surface area contributed by atoms with E-state index in [0.29, 0.717) is 6.42 Å². The number of hydrogen-bond acceptors (Lipinski definition) is 3. The maximum Gasteiger partial charge on any atom is 0.389 e. The third-order valence-corrected chi connectivity index (χ3v) is 3.45. The van der Waals surface area contributed by atoms with Gasteiger partial charge in [0.05, 0.1) is 13.7 Å². The van der Waals surface area contributed by atoms with Crippen molar-refractivity contribution in [1.82, 2.24) is 4.90 Å².